The van der Waals surface area contributed by atoms with Crippen molar-refractivity contribution < 1.29 is 10.3 Å². The van der Waals surface area contributed by atoms with Gasteiger partial charge in [0.15, 0.2) is 0 Å². The topological polar surface area (TPSA) is 64.9 Å². The highest BCUT2D eigenvalue weighted by Crippen LogP contribution is 2.24. The molecule has 1 aliphatic heterocycles. The molecule has 0 aromatic heterocycles. The van der Waals surface area contributed by atoms with Crippen molar-refractivity contribution in [2.75, 3.05) is 13.1 Å². The summed E-state index contributed by atoms with van der Waals surface area (Å²) in [5.74, 6) is 0.397. The number of nitrogens with zero attached hydrogens (tertiary/aromatic N) is 1. The summed E-state index contributed by atoms with van der Waals surface area (Å²) in [6.45, 7) is 1.86. The maximum atomic E-state index is 9.74. The van der Waals surface area contributed by atoms with Crippen LogP contribution in [0.15, 0.2) is 29.4 Å². The molecule has 0 radical (unpaired) electrons. The molecule has 4 heteroatoms. The van der Waals surface area contributed by atoms with E-state index in [9.17, 15) is 5.11 Å². The Morgan fingerprint density at radius 2 is 1.94 bits per heavy atom. The van der Waals surface area contributed by atoms with E-state index in [0.717, 1.165) is 25.9 Å². The lowest BCUT2D eigenvalue weighted by Gasteiger charge is -2.23. The maximum absolute atomic E-state index is 9.74. The van der Waals surface area contributed by atoms with Crippen molar-refractivity contribution in [2.24, 2.45) is 11.1 Å². The number of piperidine rings is 1. The van der Waals surface area contributed by atoms with E-state index in [1.165, 1.54) is 0 Å². The average Bonchev–Trinajstić information content (AvgIpc) is 2.34. The van der Waals surface area contributed by atoms with Gasteiger partial charge in [-0.25, -0.2) is 0 Å². The summed E-state index contributed by atoms with van der Waals surface area (Å²) in [6, 6.07) is 6.99. The lowest BCUT2D eigenvalue weighted by atomic mass is 9.88. The SMILES string of the molecule is O/N=C(\c1ccccc1O)C1CCNCC1. The summed E-state index contributed by atoms with van der Waals surface area (Å²) < 4.78 is 0. The molecule has 1 saturated heterocycles. The molecule has 3 N–H and O–H groups in total. The summed E-state index contributed by atoms with van der Waals surface area (Å²) in [6.07, 6.45) is 1.88. The van der Waals surface area contributed by atoms with Gasteiger partial charge in [0, 0.05) is 11.5 Å². The molecule has 1 heterocycles. The number of oxime groups is 1. The number of hydrogen-bond acceptors (Lipinski definition) is 4. The Morgan fingerprint density at radius 3 is 2.56 bits per heavy atom. The van der Waals surface area contributed by atoms with Gasteiger partial charge in [-0.1, -0.05) is 17.3 Å². The molecule has 0 amide bonds. The van der Waals surface area contributed by atoms with Crippen LogP contribution in [0.25, 0.3) is 0 Å². The number of nitrogens with one attached hydrogen (secondary N) is 1. The van der Waals surface area contributed by atoms with Crippen LogP contribution in [0.4, 0.5) is 0 Å². The van der Waals surface area contributed by atoms with Crippen LogP contribution in [0.5, 0.6) is 5.75 Å². The minimum absolute atomic E-state index is 0.175. The van der Waals surface area contributed by atoms with E-state index in [-0.39, 0.29) is 11.7 Å². The van der Waals surface area contributed by atoms with Gasteiger partial charge >= 0.3 is 0 Å². The molecule has 0 spiro atoms. The molecule has 1 aliphatic rings. The van der Waals surface area contributed by atoms with Crippen molar-refractivity contribution in [1.82, 2.24) is 5.32 Å². The second kappa shape index (κ2) is 4.99. The minimum Gasteiger partial charge on any atom is -0.507 e. The van der Waals surface area contributed by atoms with Gasteiger partial charge in [0.25, 0.3) is 0 Å². The van der Waals surface area contributed by atoms with Crippen molar-refractivity contribution in [3.63, 3.8) is 0 Å². The van der Waals surface area contributed by atoms with Crippen LogP contribution in [-0.2, 0) is 0 Å². The van der Waals surface area contributed by atoms with E-state index < -0.39 is 0 Å². The Hall–Kier alpha value is -1.55. The van der Waals surface area contributed by atoms with E-state index in [1.54, 1.807) is 18.2 Å². The fourth-order valence-electron chi connectivity index (χ4n) is 2.14. The summed E-state index contributed by atoms with van der Waals surface area (Å²) in [7, 11) is 0. The van der Waals surface area contributed by atoms with Gasteiger partial charge in [-0.3, -0.25) is 0 Å². The van der Waals surface area contributed by atoms with Gasteiger partial charge in [0.05, 0.1) is 5.71 Å². The third kappa shape index (κ3) is 2.17. The monoisotopic (exact) mass is 220 g/mol. The van der Waals surface area contributed by atoms with E-state index in [4.69, 9.17) is 5.21 Å². The number of para-hydroxylation sites is 1. The van der Waals surface area contributed by atoms with Crippen LogP contribution in [0.3, 0.4) is 0 Å². The van der Waals surface area contributed by atoms with Crippen molar-refractivity contribution >= 4 is 5.71 Å². The predicted octanol–water partition coefficient (Wildman–Crippen LogP) is 1.57. The molecule has 0 bridgehead atoms. The second-order valence-corrected chi connectivity index (χ2v) is 4.03. The molecular formula is C12H16N2O2. The van der Waals surface area contributed by atoms with Gasteiger partial charge in [0.1, 0.15) is 5.75 Å². The maximum Gasteiger partial charge on any atom is 0.124 e. The zero-order valence-corrected chi connectivity index (χ0v) is 9.06. The van der Waals surface area contributed by atoms with Crippen LogP contribution < -0.4 is 5.32 Å². The van der Waals surface area contributed by atoms with Crippen molar-refractivity contribution in [3.8, 4) is 5.75 Å². The first-order valence-electron chi connectivity index (χ1n) is 5.54. The fraction of sp³-hybridized carbons (Fsp3) is 0.417. The first kappa shape index (κ1) is 11.0. The van der Waals surface area contributed by atoms with Crippen LogP contribution in [0.1, 0.15) is 18.4 Å². The van der Waals surface area contributed by atoms with Crippen LogP contribution in [0.2, 0.25) is 0 Å². The van der Waals surface area contributed by atoms with E-state index in [1.807, 2.05) is 6.07 Å². The number of aromatic hydroxyl groups is 1. The zero-order chi connectivity index (χ0) is 11.4. The molecule has 16 heavy (non-hydrogen) atoms. The van der Waals surface area contributed by atoms with Crippen LogP contribution in [0, 0.1) is 5.92 Å². The third-order valence-electron chi connectivity index (χ3n) is 3.01. The Morgan fingerprint density at radius 1 is 1.25 bits per heavy atom. The average molecular weight is 220 g/mol. The van der Waals surface area contributed by atoms with E-state index >= 15 is 0 Å². The first-order chi connectivity index (χ1) is 7.83. The van der Waals surface area contributed by atoms with Gasteiger partial charge in [0.2, 0.25) is 0 Å². The lowest BCUT2D eigenvalue weighted by molar-refractivity contribution is 0.311. The molecular weight excluding hydrogens is 204 g/mol. The molecule has 1 fully saturated rings. The van der Waals surface area contributed by atoms with E-state index in [2.05, 4.69) is 10.5 Å². The smallest absolute Gasteiger partial charge is 0.124 e. The number of hydrogen-bond donors (Lipinski definition) is 3. The number of phenolic OH excluding ortho intramolecular Hbond substituents is 1. The quantitative estimate of drug-likeness (QED) is 0.402. The molecule has 0 unspecified atom stereocenters. The lowest BCUT2D eigenvalue weighted by Crippen LogP contribution is -2.32. The summed E-state index contributed by atoms with van der Waals surface area (Å²) in [4.78, 5) is 0. The third-order valence-corrected chi connectivity index (χ3v) is 3.01. The van der Waals surface area contributed by atoms with Crippen LogP contribution in [-0.4, -0.2) is 29.1 Å². The number of rotatable bonds is 2. The normalized spacial score (nSPS) is 18.6. The highest BCUT2D eigenvalue weighted by molar-refractivity contribution is 6.04. The Kier molecular flexibility index (Phi) is 3.41. The van der Waals surface area contributed by atoms with Gasteiger partial charge in [-0.15, -0.1) is 0 Å². The Bertz CT molecular complexity index is 384. The van der Waals surface area contributed by atoms with Gasteiger partial charge < -0.3 is 15.6 Å². The molecule has 0 saturated carbocycles. The molecule has 0 atom stereocenters. The zero-order valence-electron chi connectivity index (χ0n) is 9.06. The Balaban J connectivity index is 2.26. The molecule has 86 valence electrons. The molecule has 1 aromatic rings. The molecule has 1 aromatic carbocycles. The van der Waals surface area contributed by atoms with Gasteiger partial charge in [-0.2, -0.15) is 0 Å². The molecule has 2 rings (SSSR count). The number of phenols is 1. The highest BCUT2D eigenvalue weighted by atomic mass is 16.4. The minimum atomic E-state index is 0.175. The summed E-state index contributed by atoms with van der Waals surface area (Å²) in [5, 5.41) is 25.5. The molecule has 4 nitrogen and oxygen atoms in total. The fourth-order valence-corrected chi connectivity index (χ4v) is 2.14. The Labute approximate surface area is 94.6 Å². The second-order valence-electron chi connectivity index (χ2n) is 4.03. The van der Waals surface area contributed by atoms with Crippen molar-refractivity contribution in [3.05, 3.63) is 29.8 Å². The molecule has 0 aliphatic carbocycles. The van der Waals surface area contributed by atoms with Crippen LogP contribution >= 0.6 is 0 Å². The summed E-state index contributed by atoms with van der Waals surface area (Å²) in [5.41, 5.74) is 1.23. The van der Waals surface area contributed by atoms with E-state index in [0.29, 0.717) is 11.3 Å². The summed E-state index contributed by atoms with van der Waals surface area (Å²) >= 11 is 0. The largest absolute Gasteiger partial charge is 0.507 e. The van der Waals surface area contributed by atoms with Crippen molar-refractivity contribution in [1.29, 1.82) is 0 Å². The van der Waals surface area contributed by atoms with Crippen molar-refractivity contribution in [2.45, 2.75) is 12.8 Å². The standard InChI is InChI=1S/C12H16N2O2/c15-11-4-2-1-3-10(11)12(14-16)9-5-7-13-8-6-9/h1-4,9,13,15-16H,5-8H2/b14-12-. The highest BCUT2D eigenvalue weighted by Gasteiger charge is 2.22. The first-order valence-corrected chi connectivity index (χ1v) is 5.54. The van der Waals surface area contributed by atoms with Gasteiger partial charge in [-0.05, 0) is 38.1 Å². The predicted molar refractivity (Wildman–Crippen MR) is 62.0 cm³/mol. The number of benzene rings is 1.